The van der Waals surface area contributed by atoms with Crippen LogP contribution in [0.1, 0.15) is 32.2 Å². The monoisotopic (exact) mass is 320 g/mol. The molecule has 1 N–H and O–H groups in total. The summed E-state index contributed by atoms with van der Waals surface area (Å²) in [5.74, 6) is 2.28. The van der Waals surface area contributed by atoms with E-state index in [-0.39, 0.29) is 0 Å². The molecule has 6 nitrogen and oxygen atoms in total. The maximum Gasteiger partial charge on any atom is 0.216 e. The maximum atomic E-state index is 5.65. The summed E-state index contributed by atoms with van der Waals surface area (Å²) in [6.07, 6.45) is 2.46. The van der Waals surface area contributed by atoms with Crippen molar-refractivity contribution in [3.63, 3.8) is 0 Å². The largest absolute Gasteiger partial charge is 0.494 e. The lowest BCUT2D eigenvalue weighted by atomic mass is 10.2. The van der Waals surface area contributed by atoms with Crippen LogP contribution in [0.2, 0.25) is 0 Å². The Morgan fingerprint density at radius 3 is 2.73 bits per heavy atom. The van der Waals surface area contributed by atoms with E-state index in [0.717, 1.165) is 29.3 Å². The highest BCUT2D eigenvalue weighted by Crippen LogP contribution is 2.24. The highest BCUT2D eigenvalue weighted by molar-refractivity contribution is 7.71. The van der Waals surface area contributed by atoms with Crippen LogP contribution in [0.15, 0.2) is 23.3 Å². The second kappa shape index (κ2) is 7.74. The molecule has 0 aliphatic carbocycles. The number of rotatable bonds is 7. The smallest absolute Gasteiger partial charge is 0.216 e. The first-order chi connectivity index (χ1) is 10.7. The van der Waals surface area contributed by atoms with Crippen molar-refractivity contribution in [2.75, 3.05) is 13.2 Å². The molecule has 0 aliphatic rings. The molecule has 0 fully saturated rings. The summed E-state index contributed by atoms with van der Waals surface area (Å²) in [4.78, 5) is 0. The Morgan fingerprint density at radius 1 is 1.27 bits per heavy atom. The summed E-state index contributed by atoms with van der Waals surface area (Å²) in [6, 6.07) is 5.67. The number of hydrogen-bond donors (Lipinski definition) is 1. The van der Waals surface area contributed by atoms with Gasteiger partial charge in [0.05, 0.1) is 19.4 Å². The second-order valence-corrected chi connectivity index (χ2v) is 4.81. The van der Waals surface area contributed by atoms with E-state index < -0.39 is 0 Å². The molecule has 0 atom stereocenters. The Balaban J connectivity index is 2.33. The molecule has 0 bridgehead atoms. The van der Waals surface area contributed by atoms with Crippen molar-refractivity contribution in [3.8, 4) is 11.5 Å². The van der Waals surface area contributed by atoms with Crippen LogP contribution in [0.25, 0.3) is 0 Å². The Kier molecular flexibility index (Phi) is 5.71. The van der Waals surface area contributed by atoms with Gasteiger partial charge in [-0.25, -0.2) is 0 Å². The lowest BCUT2D eigenvalue weighted by Gasteiger charge is -2.10. The molecule has 1 aromatic heterocycles. The minimum atomic E-state index is 0.469. The number of nitrogens with one attached hydrogen (secondary N) is 1. The number of nitrogens with zero attached hydrogens (tertiary/aromatic N) is 3. The van der Waals surface area contributed by atoms with E-state index in [0.29, 0.717) is 18.0 Å². The number of ether oxygens (including phenoxy) is 2. The predicted molar refractivity (Wildman–Crippen MR) is 88.6 cm³/mol. The van der Waals surface area contributed by atoms with Gasteiger partial charge in [-0.15, -0.1) is 0 Å². The first-order valence-electron chi connectivity index (χ1n) is 7.29. The highest BCUT2D eigenvalue weighted by Gasteiger charge is 2.06. The van der Waals surface area contributed by atoms with E-state index >= 15 is 0 Å². The third-order valence-electron chi connectivity index (χ3n) is 2.94. The molecule has 1 heterocycles. The molecule has 0 unspecified atom stereocenters. The average molecular weight is 320 g/mol. The predicted octanol–water partition coefficient (Wildman–Crippen LogP) is 3.18. The van der Waals surface area contributed by atoms with Gasteiger partial charge in [-0.3, -0.25) is 5.10 Å². The fourth-order valence-electron chi connectivity index (χ4n) is 1.95. The summed E-state index contributed by atoms with van der Waals surface area (Å²) < 4.78 is 13.2. The molecule has 0 amide bonds. The third-order valence-corrected chi connectivity index (χ3v) is 3.21. The number of aryl methyl sites for hydroxylation is 1. The van der Waals surface area contributed by atoms with Crippen LogP contribution in [-0.4, -0.2) is 34.3 Å². The summed E-state index contributed by atoms with van der Waals surface area (Å²) in [5.41, 5.74) is 0.857. The molecule has 0 aliphatic heterocycles. The van der Waals surface area contributed by atoms with Crippen molar-refractivity contribution in [3.05, 3.63) is 34.4 Å². The maximum absolute atomic E-state index is 5.65. The Bertz CT molecular complexity index is 706. The fraction of sp³-hybridized carbons (Fsp3) is 0.400. The van der Waals surface area contributed by atoms with Crippen LogP contribution < -0.4 is 9.47 Å². The number of aromatic nitrogens is 3. The number of H-pyrrole nitrogens is 1. The van der Waals surface area contributed by atoms with E-state index in [2.05, 4.69) is 15.3 Å². The van der Waals surface area contributed by atoms with Crippen molar-refractivity contribution in [1.82, 2.24) is 14.9 Å². The van der Waals surface area contributed by atoms with E-state index in [9.17, 15) is 0 Å². The zero-order valence-corrected chi connectivity index (χ0v) is 13.8. The first-order valence-corrected chi connectivity index (χ1v) is 7.70. The van der Waals surface area contributed by atoms with E-state index in [1.54, 1.807) is 10.9 Å². The SMILES string of the molecule is CCOc1ccc(/C=N\n2c(CC)n[nH]c2=S)c(OCC)c1. The van der Waals surface area contributed by atoms with E-state index in [1.165, 1.54) is 0 Å². The van der Waals surface area contributed by atoms with E-state index in [4.69, 9.17) is 21.7 Å². The number of benzene rings is 1. The summed E-state index contributed by atoms with van der Waals surface area (Å²) >= 11 is 5.17. The minimum absolute atomic E-state index is 0.469. The second-order valence-electron chi connectivity index (χ2n) is 4.42. The Labute approximate surface area is 134 Å². The van der Waals surface area contributed by atoms with Gasteiger partial charge in [0.2, 0.25) is 4.77 Å². The van der Waals surface area contributed by atoms with Crippen LogP contribution >= 0.6 is 12.2 Å². The van der Waals surface area contributed by atoms with Crippen molar-refractivity contribution < 1.29 is 9.47 Å². The molecule has 118 valence electrons. The van der Waals surface area contributed by atoms with Gasteiger partial charge >= 0.3 is 0 Å². The molecule has 22 heavy (non-hydrogen) atoms. The quantitative estimate of drug-likeness (QED) is 0.628. The lowest BCUT2D eigenvalue weighted by Crippen LogP contribution is -2.01. The molecule has 1 aromatic carbocycles. The molecule has 0 radical (unpaired) electrons. The van der Waals surface area contributed by atoms with Crippen LogP contribution in [0.5, 0.6) is 11.5 Å². The van der Waals surface area contributed by atoms with Crippen LogP contribution in [0.3, 0.4) is 0 Å². The Morgan fingerprint density at radius 2 is 2.05 bits per heavy atom. The zero-order chi connectivity index (χ0) is 15.9. The van der Waals surface area contributed by atoms with Gasteiger partial charge < -0.3 is 9.47 Å². The highest BCUT2D eigenvalue weighted by atomic mass is 32.1. The molecule has 2 rings (SSSR count). The molecule has 0 spiro atoms. The van der Waals surface area contributed by atoms with Crippen molar-refractivity contribution in [2.45, 2.75) is 27.2 Å². The van der Waals surface area contributed by atoms with Crippen LogP contribution in [-0.2, 0) is 6.42 Å². The van der Waals surface area contributed by atoms with Gasteiger partial charge in [-0.05, 0) is 38.2 Å². The van der Waals surface area contributed by atoms with Gasteiger partial charge in [-0.1, -0.05) is 6.92 Å². The van der Waals surface area contributed by atoms with Crippen LogP contribution in [0.4, 0.5) is 0 Å². The van der Waals surface area contributed by atoms with Crippen molar-refractivity contribution in [2.24, 2.45) is 5.10 Å². The molecule has 0 saturated heterocycles. The Hall–Kier alpha value is -2.15. The third kappa shape index (κ3) is 3.73. The lowest BCUT2D eigenvalue weighted by molar-refractivity contribution is 0.323. The number of hydrogen-bond acceptors (Lipinski definition) is 5. The standard InChI is InChI=1S/C15H20N4O2S/c1-4-14-17-18-15(22)19(14)16-10-11-7-8-12(20-5-2)9-13(11)21-6-3/h7-10H,4-6H2,1-3H3,(H,18,22)/b16-10-. The van der Waals surface area contributed by atoms with Crippen LogP contribution in [0, 0.1) is 4.77 Å². The fourth-order valence-corrected chi connectivity index (χ4v) is 2.15. The topological polar surface area (TPSA) is 64.4 Å². The molecular weight excluding hydrogens is 300 g/mol. The summed E-state index contributed by atoms with van der Waals surface area (Å²) in [7, 11) is 0. The van der Waals surface area contributed by atoms with Gasteiger partial charge in [0, 0.05) is 18.1 Å². The average Bonchev–Trinajstić information content (AvgIpc) is 2.87. The van der Waals surface area contributed by atoms with Crippen molar-refractivity contribution >= 4 is 18.4 Å². The number of aromatic amines is 1. The minimum Gasteiger partial charge on any atom is -0.494 e. The molecule has 7 heteroatoms. The molecular formula is C15H20N4O2S. The van der Waals surface area contributed by atoms with Crippen molar-refractivity contribution in [1.29, 1.82) is 0 Å². The van der Waals surface area contributed by atoms with Gasteiger partial charge in [0.25, 0.3) is 0 Å². The zero-order valence-electron chi connectivity index (χ0n) is 13.0. The normalized spacial score (nSPS) is 11.0. The van der Waals surface area contributed by atoms with Gasteiger partial charge in [0.1, 0.15) is 11.5 Å². The molecule has 0 saturated carbocycles. The first kappa shape index (κ1) is 16.2. The van der Waals surface area contributed by atoms with Gasteiger partial charge in [-0.2, -0.15) is 14.9 Å². The van der Waals surface area contributed by atoms with E-state index in [1.807, 2.05) is 39.0 Å². The molecule has 2 aromatic rings. The summed E-state index contributed by atoms with van der Waals surface area (Å²) in [5, 5.41) is 11.3. The van der Waals surface area contributed by atoms with Gasteiger partial charge in [0.15, 0.2) is 5.82 Å². The summed E-state index contributed by atoms with van der Waals surface area (Å²) in [6.45, 7) is 7.07.